The van der Waals surface area contributed by atoms with Crippen molar-refractivity contribution in [3.8, 4) is 0 Å². The van der Waals surface area contributed by atoms with Gasteiger partial charge in [0, 0.05) is 30.2 Å². The lowest BCUT2D eigenvalue weighted by Gasteiger charge is -2.46. The Balaban J connectivity index is 2.12. The molecule has 0 amide bonds. The summed E-state index contributed by atoms with van der Waals surface area (Å²) in [5.74, 6) is -5.03. The van der Waals surface area contributed by atoms with Crippen molar-refractivity contribution < 1.29 is 63.9 Å². The summed E-state index contributed by atoms with van der Waals surface area (Å²) in [5.41, 5.74) is -3.58. The molecule has 3 aliphatic rings. The van der Waals surface area contributed by atoms with Gasteiger partial charge in [-0.3, -0.25) is 9.59 Å². The third-order valence-corrected chi connectivity index (χ3v) is 11.1. The van der Waals surface area contributed by atoms with Crippen LogP contribution in [0.15, 0.2) is 0 Å². The van der Waals surface area contributed by atoms with Gasteiger partial charge in [0.25, 0.3) is 0 Å². The predicted octanol–water partition coefficient (Wildman–Crippen LogP) is 0.741. The second-order valence-corrected chi connectivity index (χ2v) is 15.6. The van der Waals surface area contributed by atoms with Gasteiger partial charge in [-0.25, -0.2) is 0 Å². The molecule has 286 valence electrons. The lowest BCUT2D eigenvalue weighted by atomic mass is 9.77. The molecular formula is C35H63NO13. The molecule has 18 atom stereocenters. The van der Waals surface area contributed by atoms with Crippen LogP contribution in [0.3, 0.4) is 0 Å². The number of esters is 1. The van der Waals surface area contributed by atoms with Crippen molar-refractivity contribution in [3.63, 3.8) is 0 Å². The van der Waals surface area contributed by atoms with Crippen LogP contribution in [0.2, 0.25) is 0 Å². The summed E-state index contributed by atoms with van der Waals surface area (Å²) < 4.78 is 30.7. The van der Waals surface area contributed by atoms with Gasteiger partial charge in [0.1, 0.15) is 29.7 Å². The van der Waals surface area contributed by atoms with Crippen LogP contribution in [-0.4, -0.2) is 146 Å². The molecule has 0 radical (unpaired) electrons. The number of hydrogen-bond acceptors (Lipinski definition) is 14. The summed E-state index contributed by atoms with van der Waals surface area (Å²) in [6.45, 7) is 14.3. The van der Waals surface area contributed by atoms with Gasteiger partial charge in [0.15, 0.2) is 12.6 Å². The van der Waals surface area contributed by atoms with Gasteiger partial charge < -0.3 is 59.2 Å². The van der Waals surface area contributed by atoms with E-state index in [1.54, 1.807) is 34.6 Å². The van der Waals surface area contributed by atoms with Crippen molar-refractivity contribution in [3.05, 3.63) is 0 Å². The number of likely N-dealkylation sites (N-methyl/N-ethyl adjacent to an activating group) is 1. The maximum absolute atomic E-state index is 13.9. The molecule has 2 unspecified atom stereocenters. The van der Waals surface area contributed by atoms with Gasteiger partial charge in [-0.2, -0.15) is 0 Å². The van der Waals surface area contributed by atoms with Crippen molar-refractivity contribution in [1.82, 2.24) is 4.90 Å². The molecule has 0 aliphatic carbocycles. The number of Topliss-reactive ketones (excluding diaryl/α,β-unsaturated/α-hetero) is 1. The summed E-state index contributed by atoms with van der Waals surface area (Å²) in [7, 11) is 3.67. The number of ether oxygens (including phenoxy) is 5. The van der Waals surface area contributed by atoms with E-state index in [1.165, 1.54) is 20.8 Å². The maximum atomic E-state index is 13.9. The number of nitrogens with zero attached hydrogens (tertiary/aromatic N) is 1. The van der Waals surface area contributed by atoms with Gasteiger partial charge in [-0.05, 0) is 68.0 Å². The number of ketones is 1. The smallest absolute Gasteiger partial charge is 0.311 e. The highest BCUT2D eigenvalue weighted by molar-refractivity contribution is 5.83. The second-order valence-electron chi connectivity index (χ2n) is 15.6. The number of hydrogen-bond donors (Lipinski definition) is 6. The first kappa shape index (κ1) is 42.1. The van der Waals surface area contributed by atoms with Crippen LogP contribution in [-0.2, 0) is 33.3 Å². The molecule has 0 aromatic rings. The summed E-state index contributed by atoms with van der Waals surface area (Å²) in [5, 5.41) is 67.4. The Hall–Kier alpha value is -1.30. The zero-order valence-electron chi connectivity index (χ0n) is 31.1. The van der Waals surface area contributed by atoms with E-state index >= 15 is 0 Å². The highest BCUT2D eigenvalue weighted by atomic mass is 16.7. The minimum Gasteiger partial charge on any atom is -0.459 e. The number of aliphatic hydroxyl groups excluding tert-OH is 4. The summed E-state index contributed by atoms with van der Waals surface area (Å²) in [6.07, 6.45) is -11.8. The molecular weight excluding hydrogens is 642 g/mol. The number of aliphatic hydroxyl groups is 6. The van der Waals surface area contributed by atoms with Gasteiger partial charge >= 0.3 is 5.97 Å². The standard InChI is InChI=1S/C35H63NO13/c1-12-24-35(9,44)30(40)18(4)26(38)16(2)13-23(37)29(49-33-27(39)22(36(10)11)14-17(3)45-33)19(5)28(20(6)32(42)47-24)48-25-15-34(8,43)31(41)21(7)46-25/h16-25,27-31,33,37,39-41,43-44H,12-15H2,1-11H3/t16-,17-,18+,19+,20-,21+,22+,23-,24-,25?,27-,28+,29-,30-,31+,33?,34-,35-/m1/s1. The molecule has 3 aliphatic heterocycles. The fraction of sp³-hybridized carbons (Fsp3) is 0.943. The van der Waals surface area contributed by atoms with E-state index in [2.05, 4.69) is 0 Å². The van der Waals surface area contributed by atoms with Crippen LogP contribution in [0.5, 0.6) is 0 Å². The average Bonchev–Trinajstić information content (AvgIpc) is 3.02. The van der Waals surface area contributed by atoms with E-state index in [9.17, 15) is 40.2 Å². The highest BCUT2D eigenvalue weighted by Crippen LogP contribution is 2.37. The quantitative estimate of drug-likeness (QED) is 0.211. The first-order valence-corrected chi connectivity index (χ1v) is 17.7. The Kier molecular flexibility index (Phi) is 14.2. The first-order valence-electron chi connectivity index (χ1n) is 17.7. The predicted molar refractivity (Wildman–Crippen MR) is 177 cm³/mol. The van der Waals surface area contributed by atoms with E-state index in [1.807, 2.05) is 25.9 Å². The minimum atomic E-state index is -2.00. The number of cyclic esters (lactones) is 1. The fourth-order valence-electron chi connectivity index (χ4n) is 7.75. The Morgan fingerprint density at radius 3 is 2.02 bits per heavy atom. The topological polar surface area (TPSA) is 205 Å². The van der Waals surface area contributed by atoms with Crippen LogP contribution in [0.25, 0.3) is 0 Å². The first-order chi connectivity index (χ1) is 22.5. The third-order valence-electron chi connectivity index (χ3n) is 11.1. The van der Waals surface area contributed by atoms with Crippen molar-refractivity contribution in [1.29, 1.82) is 0 Å². The largest absolute Gasteiger partial charge is 0.459 e. The van der Waals surface area contributed by atoms with Gasteiger partial charge in [0.2, 0.25) is 0 Å². The molecule has 14 nitrogen and oxygen atoms in total. The van der Waals surface area contributed by atoms with Crippen molar-refractivity contribution >= 4 is 11.8 Å². The number of carbonyl (C=O) groups is 2. The Morgan fingerprint density at radius 1 is 0.857 bits per heavy atom. The zero-order valence-corrected chi connectivity index (χ0v) is 31.1. The van der Waals surface area contributed by atoms with E-state index < -0.39 is 108 Å². The molecule has 0 aromatic heterocycles. The monoisotopic (exact) mass is 705 g/mol. The van der Waals surface area contributed by atoms with E-state index in [-0.39, 0.29) is 31.4 Å². The average molecular weight is 706 g/mol. The molecule has 6 N–H and O–H groups in total. The zero-order chi connectivity index (χ0) is 37.3. The SMILES string of the molecule is CC[C@H]1OC(=O)[C@H](C)[C@@H](OC2C[C@@](C)(O)[C@@H](O)[C@H](C)O2)[C@H](C)[C@@H](OC2O[C@H](C)C[C@H](N(C)C)[C@H]2O)[C@H](O)C[C@@H](C)C(=O)[C@H](C)[C@@H](O)[C@]1(C)O. The molecule has 3 rings (SSSR count). The summed E-state index contributed by atoms with van der Waals surface area (Å²) in [6, 6.07) is -0.326. The molecule has 3 saturated heterocycles. The van der Waals surface area contributed by atoms with Crippen LogP contribution >= 0.6 is 0 Å². The normalized spacial score (nSPS) is 49.8. The van der Waals surface area contributed by atoms with Crippen molar-refractivity contribution in [2.24, 2.45) is 23.7 Å². The molecule has 3 heterocycles. The second kappa shape index (κ2) is 16.6. The Morgan fingerprint density at radius 2 is 1.47 bits per heavy atom. The highest BCUT2D eigenvalue weighted by Gasteiger charge is 2.51. The van der Waals surface area contributed by atoms with Crippen LogP contribution in [0.1, 0.15) is 88.0 Å². The third kappa shape index (κ3) is 9.39. The van der Waals surface area contributed by atoms with E-state index in [4.69, 9.17) is 23.7 Å². The number of rotatable bonds is 6. The van der Waals surface area contributed by atoms with E-state index in [0.29, 0.717) is 6.42 Å². The minimum absolute atomic E-state index is 0.122. The van der Waals surface area contributed by atoms with Crippen LogP contribution in [0.4, 0.5) is 0 Å². The molecule has 3 fully saturated rings. The Bertz CT molecular complexity index is 1100. The molecule has 14 heteroatoms. The number of carbonyl (C=O) groups excluding carboxylic acids is 2. The molecule has 0 aromatic carbocycles. The van der Waals surface area contributed by atoms with Crippen LogP contribution in [0, 0.1) is 23.7 Å². The van der Waals surface area contributed by atoms with Crippen LogP contribution < -0.4 is 0 Å². The lowest BCUT2D eigenvalue weighted by Crippen LogP contribution is -2.59. The van der Waals surface area contributed by atoms with Crippen molar-refractivity contribution in [2.75, 3.05) is 14.1 Å². The molecule has 0 bridgehead atoms. The van der Waals surface area contributed by atoms with Gasteiger partial charge in [-0.1, -0.05) is 27.7 Å². The van der Waals surface area contributed by atoms with Gasteiger partial charge in [-0.15, -0.1) is 0 Å². The maximum Gasteiger partial charge on any atom is 0.311 e. The molecule has 49 heavy (non-hydrogen) atoms. The molecule has 0 spiro atoms. The lowest BCUT2D eigenvalue weighted by molar-refractivity contribution is -0.309. The van der Waals surface area contributed by atoms with E-state index in [0.717, 1.165) is 0 Å². The Labute approximate surface area is 291 Å². The fourth-order valence-corrected chi connectivity index (χ4v) is 7.75. The van der Waals surface area contributed by atoms with Gasteiger partial charge in [0.05, 0.1) is 48.1 Å². The summed E-state index contributed by atoms with van der Waals surface area (Å²) in [4.78, 5) is 29.4. The van der Waals surface area contributed by atoms with Crippen molar-refractivity contribution in [2.45, 2.75) is 173 Å². The molecule has 0 saturated carbocycles. The summed E-state index contributed by atoms with van der Waals surface area (Å²) >= 11 is 0.